The minimum Gasteiger partial charge on any atom is -0.504 e. The van der Waals surface area contributed by atoms with Gasteiger partial charge in [-0.3, -0.25) is 14.7 Å². The van der Waals surface area contributed by atoms with Crippen molar-refractivity contribution in [3.05, 3.63) is 76.7 Å². The summed E-state index contributed by atoms with van der Waals surface area (Å²) in [6.07, 6.45) is 1.53. The van der Waals surface area contributed by atoms with E-state index in [0.717, 1.165) is 38.4 Å². The van der Waals surface area contributed by atoms with Crippen LogP contribution in [0, 0.1) is 5.82 Å². The lowest BCUT2D eigenvalue weighted by molar-refractivity contribution is 0.101. The number of hydrogen-bond donors (Lipinski definition) is 2. The predicted octanol–water partition coefficient (Wildman–Crippen LogP) is 5.49. The quantitative estimate of drug-likeness (QED) is 0.326. The number of carbonyl (C=O) groups is 1. The van der Waals surface area contributed by atoms with Crippen molar-refractivity contribution in [3.8, 4) is 17.0 Å². The third-order valence-corrected chi connectivity index (χ3v) is 6.92. The third kappa shape index (κ3) is 5.41. The molecule has 2 aromatic heterocycles. The molecular weight excluding hydrogens is 493 g/mol. The number of likely N-dealkylation sites (N-methyl/N-ethyl adjacent to an activating group) is 1. The maximum atomic E-state index is 14.1. The van der Waals surface area contributed by atoms with Gasteiger partial charge in [-0.05, 0) is 55.9 Å². The molecule has 0 aliphatic carbocycles. The van der Waals surface area contributed by atoms with Gasteiger partial charge in [0.15, 0.2) is 17.3 Å². The highest BCUT2D eigenvalue weighted by molar-refractivity contribution is 6.32. The van der Waals surface area contributed by atoms with Gasteiger partial charge in [-0.1, -0.05) is 23.7 Å². The maximum Gasteiger partial charge on any atom is 0.170 e. The summed E-state index contributed by atoms with van der Waals surface area (Å²) in [6.45, 7) is 6.60. The Morgan fingerprint density at radius 3 is 2.51 bits per heavy atom. The van der Waals surface area contributed by atoms with Crippen LogP contribution in [-0.2, 0) is 6.54 Å². The summed E-state index contributed by atoms with van der Waals surface area (Å²) in [6, 6.07) is 14.2. The molecule has 7 nitrogen and oxygen atoms in total. The molecule has 3 heterocycles. The minimum atomic E-state index is -0.838. The molecule has 1 fully saturated rings. The van der Waals surface area contributed by atoms with E-state index in [9.17, 15) is 14.3 Å². The largest absolute Gasteiger partial charge is 0.504 e. The minimum absolute atomic E-state index is 0.109. The molecule has 2 aromatic carbocycles. The third-order valence-electron chi connectivity index (χ3n) is 6.63. The van der Waals surface area contributed by atoms with Crippen molar-refractivity contribution < 1.29 is 14.3 Å². The van der Waals surface area contributed by atoms with Crippen LogP contribution in [0.15, 0.2) is 54.7 Å². The molecule has 4 aromatic rings. The number of fused-ring (bicyclic) bond motifs is 1. The number of nitrogens with zero attached hydrogens (tertiary/aromatic N) is 4. The molecule has 0 unspecified atom stereocenters. The maximum absolute atomic E-state index is 14.1. The van der Waals surface area contributed by atoms with Crippen LogP contribution in [-0.4, -0.2) is 63.9 Å². The van der Waals surface area contributed by atoms with Gasteiger partial charge in [0, 0.05) is 50.2 Å². The fourth-order valence-electron chi connectivity index (χ4n) is 4.44. The van der Waals surface area contributed by atoms with Crippen LogP contribution in [0.1, 0.15) is 22.8 Å². The highest BCUT2D eigenvalue weighted by Gasteiger charge is 2.17. The zero-order chi connectivity index (χ0) is 26.1. The first-order valence-electron chi connectivity index (χ1n) is 12.0. The van der Waals surface area contributed by atoms with Crippen LogP contribution in [0.3, 0.4) is 0 Å². The van der Waals surface area contributed by atoms with Gasteiger partial charge in [0.25, 0.3) is 0 Å². The standard InChI is InChI=1S/C28H27ClFN5O2/c1-17(36)21-15-31-25-8-7-24(19-13-22(29)28(37)23(30)14-19)33-27(25)26(21)32-20-5-3-18(4-6-20)16-35-11-9-34(2)10-12-35/h3-8,13-15,37H,9-12,16H2,1-2H3,(H,31,32). The van der Waals surface area contributed by atoms with Gasteiger partial charge in [-0.2, -0.15) is 0 Å². The van der Waals surface area contributed by atoms with Gasteiger partial charge < -0.3 is 15.3 Å². The monoisotopic (exact) mass is 519 g/mol. The summed E-state index contributed by atoms with van der Waals surface area (Å²) in [5, 5.41) is 12.9. The number of aromatic nitrogens is 2. The molecule has 190 valence electrons. The molecule has 37 heavy (non-hydrogen) atoms. The van der Waals surface area contributed by atoms with Crippen molar-refractivity contribution in [1.82, 2.24) is 19.8 Å². The van der Waals surface area contributed by atoms with Gasteiger partial charge in [-0.25, -0.2) is 9.37 Å². The highest BCUT2D eigenvalue weighted by Crippen LogP contribution is 2.34. The highest BCUT2D eigenvalue weighted by atomic mass is 35.5. The molecule has 0 bridgehead atoms. The van der Waals surface area contributed by atoms with Crippen LogP contribution < -0.4 is 5.32 Å². The topological polar surface area (TPSA) is 81.6 Å². The number of rotatable bonds is 6. The number of phenols is 1. The molecule has 1 aliphatic rings. The molecule has 1 aliphatic heterocycles. The van der Waals surface area contributed by atoms with Crippen LogP contribution in [0.2, 0.25) is 5.02 Å². The average molecular weight is 520 g/mol. The molecule has 5 rings (SSSR count). The van der Waals surface area contributed by atoms with Crippen molar-refractivity contribution in [2.24, 2.45) is 0 Å². The Morgan fingerprint density at radius 2 is 1.84 bits per heavy atom. The molecule has 0 saturated carbocycles. The number of Topliss-reactive ketones (excluding diaryl/α,β-unsaturated/α-hetero) is 1. The van der Waals surface area contributed by atoms with E-state index in [0.29, 0.717) is 33.5 Å². The number of phenolic OH excluding ortho intramolecular Hbond substituents is 1. The zero-order valence-electron chi connectivity index (χ0n) is 20.6. The predicted molar refractivity (Wildman–Crippen MR) is 144 cm³/mol. The zero-order valence-corrected chi connectivity index (χ0v) is 21.4. The van der Waals surface area contributed by atoms with Crippen molar-refractivity contribution in [2.75, 3.05) is 38.5 Å². The number of benzene rings is 2. The van der Waals surface area contributed by atoms with Crippen LogP contribution in [0.25, 0.3) is 22.3 Å². The summed E-state index contributed by atoms with van der Waals surface area (Å²) in [4.78, 5) is 26.3. The second-order valence-electron chi connectivity index (χ2n) is 9.36. The second kappa shape index (κ2) is 10.4. The summed E-state index contributed by atoms with van der Waals surface area (Å²) >= 11 is 5.98. The van der Waals surface area contributed by atoms with Crippen molar-refractivity contribution in [2.45, 2.75) is 13.5 Å². The number of halogens is 2. The van der Waals surface area contributed by atoms with Gasteiger partial charge in [0.05, 0.1) is 27.5 Å². The normalized spacial score (nSPS) is 14.7. The van der Waals surface area contributed by atoms with E-state index >= 15 is 0 Å². The average Bonchev–Trinajstić information content (AvgIpc) is 2.89. The lowest BCUT2D eigenvalue weighted by atomic mass is 10.1. The number of carbonyl (C=O) groups excluding carboxylic acids is 1. The Balaban J connectivity index is 1.48. The number of pyridine rings is 2. The molecule has 1 saturated heterocycles. The number of ketones is 1. The molecule has 0 radical (unpaired) electrons. The van der Waals surface area contributed by atoms with E-state index in [4.69, 9.17) is 16.6 Å². The van der Waals surface area contributed by atoms with Crippen molar-refractivity contribution in [3.63, 3.8) is 0 Å². The van der Waals surface area contributed by atoms with E-state index in [-0.39, 0.29) is 10.8 Å². The number of hydrogen-bond acceptors (Lipinski definition) is 7. The number of nitrogens with one attached hydrogen (secondary N) is 1. The van der Waals surface area contributed by atoms with E-state index < -0.39 is 11.6 Å². The van der Waals surface area contributed by atoms with Crippen LogP contribution in [0.5, 0.6) is 5.75 Å². The number of anilines is 2. The van der Waals surface area contributed by atoms with Gasteiger partial charge >= 0.3 is 0 Å². The smallest absolute Gasteiger partial charge is 0.170 e. The number of aromatic hydroxyl groups is 1. The van der Waals surface area contributed by atoms with E-state index in [1.54, 1.807) is 12.1 Å². The van der Waals surface area contributed by atoms with Crippen molar-refractivity contribution >= 4 is 39.8 Å². The van der Waals surface area contributed by atoms with Gasteiger partial charge in [-0.15, -0.1) is 0 Å². The SMILES string of the molecule is CC(=O)c1cnc2ccc(-c3cc(F)c(O)c(Cl)c3)nc2c1Nc1ccc(CN2CCN(C)CC2)cc1. The molecule has 0 atom stereocenters. The molecule has 2 N–H and O–H groups in total. The molecule has 9 heteroatoms. The second-order valence-corrected chi connectivity index (χ2v) is 9.76. The summed E-state index contributed by atoms with van der Waals surface area (Å²) in [5.74, 6) is -1.60. The lowest BCUT2D eigenvalue weighted by Gasteiger charge is -2.32. The van der Waals surface area contributed by atoms with E-state index in [2.05, 4.69) is 39.3 Å². The van der Waals surface area contributed by atoms with E-state index in [1.807, 2.05) is 12.1 Å². The van der Waals surface area contributed by atoms with Crippen LogP contribution in [0.4, 0.5) is 15.8 Å². The summed E-state index contributed by atoms with van der Waals surface area (Å²) in [5.41, 5.74) is 4.82. The summed E-state index contributed by atoms with van der Waals surface area (Å²) in [7, 11) is 2.14. The van der Waals surface area contributed by atoms with Gasteiger partial charge in [0.1, 0.15) is 5.52 Å². The fraction of sp³-hybridized carbons (Fsp3) is 0.250. The first kappa shape index (κ1) is 25.1. The molecular formula is C28H27ClFN5O2. The van der Waals surface area contributed by atoms with E-state index in [1.165, 1.54) is 30.8 Å². The summed E-state index contributed by atoms with van der Waals surface area (Å²) < 4.78 is 14.1. The Bertz CT molecular complexity index is 1450. The molecule has 0 amide bonds. The Labute approximate surface area is 219 Å². The van der Waals surface area contributed by atoms with Gasteiger partial charge in [0.2, 0.25) is 0 Å². The van der Waals surface area contributed by atoms with Crippen LogP contribution >= 0.6 is 11.6 Å². The Hall–Kier alpha value is -3.59. The first-order valence-corrected chi connectivity index (χ1v) is 12.4. The Morgan fingerprint density at radius 1 is 1.11 bits per heavy atom. The van der Waals surface area contributed by atoms with Crippen molar-refractivity contribution in [1.29, 1.82) is 0 Å². The fourth-order valence-corrected chi connectivity index (χ4v) is 4.64. The number of piperazine rings is 1. The first-order chi connectivity index (χ1) is 17.8. The molecule has 0 spiro atoms. The lowest BCUT2D eigenvalue weighted by Crippen LogP contribution is -2.43. The Kier molecular flexibility index (Phi) is 7.06.